The van der Waals surface area contributed by atoms with Gasteiger partial charge in [-0.1, -0.05) is 0 Å². The van der Waals surface area contributed by atoms with Gasteiger partial charge in [-0.3, -0.25) is 20.2 Å². The van der Waals surface area contributed by atoms with Crippen LogP contribution in [0.15, 0.2) is 48.5 Å². The van der Waals surface area contributed by atoms with Crippen LogP contribution in [-0.2, 0) is 32.2 Å². The van der Waals surface area contributed by atoms with E-state index in [0.29, 0.717) is 11.1 Å². The summed E-state index contributed by atoms with van der Waals surface area (Å²) < 4.78 is 37.7. The van der Waals surface area contributed by atoms with E-state index in [2.05, 4.69) is 0 Å². The maximum Gasteiger partial charge on any atom is 0.269 e. The molecule has 0 aromatic heterocycles. The van der Waals surface area contributed by atoms with E-state index in [1.54, 1.807) is 38.1 Å². The number of rotatable bonds is 11. The summed E-state index contributed by atoms with van der Waals surface area (Å²) in [5, 5.41) is 21.5. The van der Waals surface area contributed by atoms with E-state index in [1.807, 2.05) is 0 Å². The predicted molar refractivity (Wildman–Crippen MR) is 114 cm³/mol. The van der Waals surface area contributed by atoms with Crippen molar-refractivity contribution in [3.8, 4) is 0 Å². The molecule has 0 radical (unpaired) electrons. The highest BCUT2D eigenvalue weighted by Crippen LogP contribution is 2.30. The minimum atomic E-state index is -1.56. The number of halogens is 1. The van der Waals surface area contributed by atoms with E-state index in [1.165, 1.54) is 24.3 Å². The van der Waals surface area contributed by atoms with Gasteiger partial charge in [0.25, 0.3) is 11.4 Å². The lowest BCUT2D eigenvalue weighted by molar-refractivity contribution is -0.385. The van der Waals surface area contributed by atoms with Crippen molar-refractivity contribution in [1.29, 1.82) is 0 Å². The van der Waals surface area contributed by atoms with Crippen molar-refractivity contribution in [2.75, 3.05) is 6.61 Å². The van der Waals surface area contributed by atoms with Crippen LogP contribution in [-0.4, -0.2) is 47.2 Å². The zero-order valence-corrected chi connectivity index (χ0v) is 18.2. The Hall–Kier alpha value is -2.99. The second-order valence-electron chi connectivity index (χ2n) is 7.81. The first-order chi connectivity index (χ1) is 15.7. The van der Waals surface area contributed by atoms with E-state index >= 15 is 4.39 Å². The molecule has 0 N–H and O–H groups in total. The average molecular weight is 463 g/mol. The molecule has 0 aliphatic carbocycles. The molecule has 4 atom stereocenters. The number of alkyl halides is 1. The van der Waals surface area contributed by atoms with Crippen molar-refractivity contribution < 1.29 is 33.2 Å². The van der Waals surface area contributed by atoms with Crippen molar-refractivity contribution >= 4 is 11.4 Å². The third kappa shape index (κ3) is 6.75. The Labute approximate surface area is 189 Å². The highest BCUT2D eigenvalue weighted by atomic mass is 18.2. The standard InChI is InChI=1S/C22H25FN2O8/c1-14(2)32-22-20(23)21(31-12-16-5-9-18(10-6-16)25(28)29)19(33-22)13-30-11-15-3-7-17(8-4-15)24(26)27/h3-10,14,19-22H,11-13H2,1-2H3/t19-,20-,21-,22-/m1/s1/i23-1. The molecule has 0 saturated carbocycles. The summed E-state index contributed by atoms with van der Waals surface area (Å²) in [7, 11) is 0. The first kappa shape index (κ1) is 24.6. The molecular formula is C22H25FN2O8. The Kier molecular flexibility index (Phi) is 8.39. The van der Waals surface area contributed by atoms with Crippen LogP contribution in [0, 0.1) is 20.2 Å². The fourth-order valence-electron chi connectivity index (χ4n) is 3.31. The third-order valence-corrected chi connectivity index (χ3v) is 4.94. The lowest BCUT2D eigenvalue weighted by atomic mass is 10.1. The number of non-ortho nitro benzene ring substituents is 2. The molecule has 1 heterocycles. The van der Waals surface area contributed by atoms with Crippen LogP contribution in [0.5, 0.6) is 0 Å². The number of nitrogens with zero attached hydrogens (tertiary/aromatic N) is 2. The van der Waals surface area contributed by atoms with Gasteiger partial charge in [-0.2, -0.15) is 0 Å². The minimum Gasteiger partial charge on any atom is -0.374 e. The summed E-state index contributed by atoms with van der Waals surface area (Å²) in [6, 6.07) is 11.7. The number of hydrogen-bond acceptors (Lipinski definition) is 8. The summed E-state index contributed by atoms with van der Waals surface area (Å²) in [6.45, 7) is 3.72. The van der Waals surface area contributed by atoms with Gasteiger partial charge in [-0.15, -0.1) is 0 Å². The molecule has 0 spiro atoms. The summed E-state index contributed by atoms with van der Waals surface area (Å²) >= 11 is 0. The molecule has 1 saturated heterocycles. The highest BCUT2D eigenvalue weighted by molar-refractivity contribution is 5.33. The molecule has 1 aliphatic heterocycles. The second kappa shape index (κ2) is 11.2. The van der Waals surface area contributed by atoms with Crippen molar-refractivity contribution in [1.82, 2.24) is 0 Å². The van der Waals surface area contributed by atoms with Gasteiger partial charge in [0.1, 0.15) is 12.2 Å². The summed E-state index contributed by atoms with van der Waals surface area (Å²) in [5.41, 5.74) is 1.29. The second-order valence-corrected chi connectivity index (χ2v) is 7.81. The van der Waals surface area contributed by atoms with Gasteiger partial charge in [0.15, 0.2) is 12.5 Å². The van der Waals surface area contributed by atoms with Crippen molar-refractivity contribution in [3.63, 3.8) is 0 Å². The molecule has 0 bridgehead atoms. The van der Waals surface area contributed by atoms with Crippen LogP contribution in [0.25, 0.3) is 0 Å². The van der Waals surface area contributed by atoms with Crippen LogP contribution in [0.2, 0.25) is 0 Å². The molecule has 1 fully saturated rings. The van der Waals surface area contributed by atoms with E-state index in [-0.39, 0.29) is 37.3 Å². The van der Waals surface area contributed by atoms with Crippen molar-refractivity contribution in [2.45, 2.75) is 57.8 Å². The fourth-order valence-corrected chi connectivity index (χ4v) is 3.31. The molecule has 2 aromatic carbocycles. The number of hydrogen-bond donors (Lipinski definition) is 0. The quantitative estimate of drug-likeness (QED) is 0.361. The minimum absolute atomic E-state index is 0.0142. The lowest BCUT2D eigenvalue weighted by Gasteiger charge is -2.20. The first-order valence-corrected chi connectivity index (χ1v) is 10.4. The van der Waals surface area contributed by atoms with Crippen molar-refractivity contribution in [3.05, 3.63) is 79.9 Å². The lowest BCUT2D eigenvalue weighted by Crippen LogP contribution is -2.35. The predicted octanol–water partition coefficient (Wildman–Crippen LogP) is 4.09. The van der Waals surface area contributed by atoms with E-state index in [0.717, 1.165) is 0 Å². The molecule has 0 unspecified atom stereocenters. The molecule has 1 aliphatic rings. The Balaban J connectivity index is 1.60. The highest BCUT2D eigenvalue weighted by Gasteiger charge is 2.47. The molecule has 10 nitrogen and oxygen atoms in total. The Morgan fingerprint density at radius 3 is 1.94 bits per heavy atom. The largest absolute Gasteiger partial charge is 0.374 e. The topological polar surface area (TPSA) is 123 Å². The smallest absolute Gasteiger partial charge is 0.269 e. The monoisotopic (exact) mass is 463 g/mol. The van der Waals surface area contributed by atoms with Gasteiger partial charge in [0.05, 0.1) is 35.8 Å². The fraction of sp³-hybridized carbons (Fsp3) is 0.455. The van der Waals surface area contributed by atoms with E-state index in [9.17, 15) is 20.2 Å². The van der Waals surface area contributed by atoms with Gasteiger partial charge in [0, 0.05) is 24.3 Å². The third-order valence-electron chi connectivity index (χ3n) is 4.94. The van der Waals surface area contributed by atoms with Crippen LogP contribution < -0.4 is 0 Å². The molecule has 2 aromatic rings. The van der Waals surface area contributed by atoms with Crippen LogP contribution in [0.1, 0.15) is 25.0 Å². The maximum absolute atomic E-state index is 15.0. The molecule has 11 heteroatoms. The van der Waals surface area contributed by atoms with E-state index in [4.69, 9.17) is 18.9 Å². The number of nitro groups is 2. The van der Waals surface area contributed by atoms with E-state index < -0.39 is 34.5 Å². The molecular weight excluding hydrogens is 438 g/mol. The Morgan fingerprint density at radius 2 is 1.45 bits per heavy atom. The van der Waals surface area contributed by atoms with Crippen molar-refractivity contribution in [2.24, 2.45) is 0 Å². The summed E-state index contributed by atoms with van der Waals surface area (Å²) in [6.07, 6.45) is -4.65. The van der Waals surface area contributed by atoms with Gasteiger partial charge < -0.3 is 18.9 Å². The van der Waals surface area contributed by atoms with Crippen LogP contribution >= 0.6 is 0 Å². The number of benzene rings is 2. The first-order valence-electron chi connectivity index (χ1n) is 10.4. The van der Waals surface area contributed by atoms with Gasteiger partial charge >= 0.3 is 0 Å². The molecule has 33 heavy (non-hydrogen) atoms. The van der Waals surface area contributed by atoms with Crippen LogP contribution in [0.4, 0.5) is 15.8 Å². The van der Waals surface area contributed by atoms with Gasteiger partial charge in [-0.25, -0.2) is 4.39 Å². The molecule has 178 valence electrons. The summed E-state index contributed by atoms with van der Waals surface area (Å²) in [5.74, 6) is 0. The Morgan fingerprint density at radius 1 is 0.939 bits per heavy atom. The number of nitro benzene ring substituents is 2. The van der Waals surface area contributed by atoms with Gasteiger partial charge in [0.2, 0.25) is 0 Å². The summed E-state index contributed by atoms with van der Waals surface area (Å²) in [4.78, 5) is 20.6. The maximum atomic E-state index is 15.0. The van der Waals surface area contributed by atoms with Crippen LogP contribution in [0.3, 0.4) is 0 Å². The average Bonchev–Trinajstić information content (AvgIpc) is 3.06. The number of ether oxygens (including phenoxy) is 4. The van der Waals surface area contributed by atoms with Gasteiger partial charge in [-0.05, 0) is 49.2 Å². The SMILES string of the molecule is CC(C)O[C@@H]1O[C@H](COCc2ccc([N+](=O)[O-])cc2)[C@@H](OCc2ccc([N+](=O)[O-])cc2)[C@H]1[18F]. The molecule has 0 amide bonds. The zero-order valence-electron chi connectivity index (χ0n) is 18.2. The zero-order chi connectivity index (χ0) is 24.0. The normalized spacial score (nSPS) is 22.5. The molecule has 3 rings (SSSR count). The Bertz CT molecular complexity index is 938.